The first-order valence-electron chi connectivity index (χ1n) is 7.65. The van der Waals surface area contributed by atoms with Crippen LogP contribution in [-0.2, 0) is 11.3 Å². The molecule has 1 saturated heterocycles. The van der Waals surface area contributed by atoms with Gasteiger partial charge in [0, 0.05) is 6.42 Å². The van der Waals surface area contributed by atoms with Crippen molar-refractivity contribution in [2.75, 3.05) is 5.73 Å². The minimum absolute atomic E-state index is 0.0399. The van der Waals surface area contributed by atoms with E-state index in [-0.39, 0.29) is 30.1 Å². The van der Waals surface area contributed by atoms with Crippen LogP contribution in [-0.4, -0.2) is 47.1 Å². The molecule has 0 saturated carbocycles. The van der Waals surface area contributed by atoms with Crippen molar-refractivity contribution >= 4 is 17.1 Å². The zero-order chi connectivity index (χ0) is 18.5. The molecule has 1 aliphatic heterocycles. The van der Waals surface area contributed by atoms with E-state index in [0.717, 1.165) is 9.13 Å². The molecule has 3 rings (SSSR count). The molecule has 3 atom stereocenters. The highest BCUT2D eigenvalue weighted by Gasteiger charge is 2.44. The number of rotatable bonds is 3. The van der Waals surface area contributed by atoms with Gasteiger partial charge in [0.1, 0.15) is 6.10 Å². The lowest BCUT2D eigenvalue weighted by Crippen LogP contribution is -2.36. The summed E-state index contributed by atoms with van der Waals surface area (Å²) < 4.78 is 7.80. The Morgan fingerprint density at radius 1 is 1.52 bits per heavy atom. The van der Waals surface area contributed by atoms with Crippen LogP contribution in [0.3, 0.4) is 0 Å². The summed E-state index contributed by atoms with van der Waals surface area (Å²) in [5.74, 6) is 2.12. The number of fused-ring (bicyclic) bond motifs is 1. The normalized spacial score (nSPS) is 23.9. The van der Waals surface area contributed by atoms with Crippen molar-refractivity contribution in [3.8, 4) is 12.3 Å². The Balaban J connectivity index is 2.24. The monoisotopic (exact) mass is 349 g/mol. The topological polar surface area (TPSA) is 148 Å². The highest BCUT2D eigenvalue weighted by molar-refractivity contribution is 5.72. The Kier molecular flexibility index (Phi) is 3.95. The molecule has 134 valence electrons. The summed E-state index contributed by atoms with van der Waals surface area (Å²) in [4.78, 5) is 31.3. The van der Waals surface area contributed by atoms with Crippen LogP contribution in [0.2, 0.25) is 0 Å². The number of imidazole rings is 1. The minimum Gasteiger partial charge on any atom is -0.388 e. The number of terminal acetylenes is 1. The van der Waals surface area contributed by atoms with E-state index >= 15 is 0 Å². The van der Waals surface area contributed by atoms with Crippen molar-refractivity contribution in [3.05, 3.63) is 20.8 Å². The van der Waals surface area contributed by atoms with Crippen LogP contribution in [0.5, 0.6) is 0 Å². The van der Waals surface area contributed by atoms with Gasteiger partial charge in [-0.25, -0.2) is 9.36 Å². The number of hydrogen-bond acceptors (Lipinski definition) is 7. The fourth-order valence-electron chi connectivity index (χ4n) is 3.01. The second kappa shape index (κ2) is 5.73. The van der Waals surface area contributed by atoms with Gasteiger partial charge in [0.2, 0.25) is 5.95 Å². The number of hydrogen-bond donors (Lipinski definition) is 4. The molecule has 0 radical (unpaired) electrons. The largest absolute Gasteiger partial charge is 0.388 e. The number of aromatic nitrogens is 4. The Hall–Kier alpha value is -2.61. The number of aliphatic hydroxyl groups is 2. The highest BCUT2D eigenvalue weighted by atomic mass is 16.5. The molecule has 25 heavy (non-hydrogen) atoms. The van der Waals surface area contributed by atoms with Crippen LogP contribution >= 0.6 is 0 Å². The number of nitrogens with two attached hydrogens (primary N) is 1. The third kappa shape index (κ3) is 2.72. The first kappa shape index (κ1) is 17.2. The maximum Gasteiger partial charge on any atom is 0.333 e. The molecule has 0 aliphatic carbocycles. The van der Waals surface area contributed by atoms with Crippen LogP contribution in [0, 0.1) is 12.3 Å². The number of nitrogens with zero attached hydrogens (tertiary/aromatic N) is 3. The Morgan fingerprint density at radius 2 is 2.20 bits per heavy atom. The van der Waals surface area contributed by atoms with Crippen molar-refractivity contribution in [2.45, 2.75) is 50.8 Å². The molecule has 0 bridgehead atoms. The molecule has 10 nitrogen and oxygen atoms in total. The molecule has 5 N–H and O–H groups in total. The van der Waals surface area contributed by atoms with Gasteiger partial charge in [-0.1, -0.05) is 5.92 Å². The van der Waals surface area contributed by atoms with Gasteiger partial charge in [0.15, 0.2) is 17.4 Å². The van der Waals surface area contributed by atoms with Crippen molar-refractivity contribution in [3.63, 3.8) is 0 Å². The molecular weight excluding hydrogens is 330 g/mol. The van der Waals surface area contributed by atoms with E-state index in [9.17, 15) is 19.8 Å². The second-order valence-corrected chi connectivity index (χ2v) is 6.54. The molecule has 0 spiro atoms. The summed E-state index contributed by atoms with van der Waals surface area (Å²) in [5, 5.41) is 20.5. The van der Waals surface area contributed by atoms with Gasteiger partial charge in [-0.15, -0.1) is 6.42 Å². The number of anilines is 1. The predicted octanol–water partition coefficient (Wildman–Crippen LogP) is -1.48. The number of nitrogen functional groups attached to an aromatic ring is 1. The summed E-state index contributed by atoms with van der Waals surface area (Å²) in [5.41, 5.74) is 2.98. The lowest BCUT2D eigenvalue weighted by Gasteiger charge is -2.25. The maximum atomic E-state index is 12.8. The number of nitrogens with one attached hydrogen (secondary N) is 1. The summed E-state index contributed by atoms with van der Waals surface area (Å²) in [6, 6.07) is 0. The molecule has 10 heteroatoms. The molecule has 1 aliphatic rings. The first-order valence-corrected chi connectivity index (χ1v) is 7.65. The SMILES string of the molecule is C#CCn1c(=O)n([C@@H]2O[C@H](C(C)(C)O)C[C@H]2O)c2nc(N)[nH]c(=O)c21. The van der Waals surface area contributed by atoms with E-state index in [1.54, 1.807) is 0 Å². The van der Waals surface area contributed by atoms with E-state index in [1.807, 2.05) is 0 Å². The third-order valence-electron chi connectivity index (χ3n) is 4.21. The van der Waals surface area contributed by atoms with Gasteiger partial charge < -0.3 is 20.7 Å². The molecule has 2 aromatic heterocycles. The number of aromatic amines is 1. The van der Waals surface area contributed by atoms with Crippen LogP contribution in [0.1, 0.15) is 26.5 Å². The first-order chi connectivity index (χ1) is 11.6. The summed E-state index contributed by atoms with van der Waals surface area (Å²) in [6.07, 6.45) is 2.48. The highest BCUT2D eigenvalue weighted by Crippen LogP contribution is 2.34. The van der Waals surface area contributed by atoms with E-state index in [2.05, 4.69) is 15.9 Å². The van der Waals surface area contributed by atoms with Crippen LogP contribution in [0.25, 0.3) is 11.2 Å². The van der Waals surface area contributed by atoms with E-state index in [4.69, 9.17) is 16.9 Å². The zero-order valence-electron chi connectivity index (χ0n) is 13.8. The smallest absolute Gasteiger partial charge is 0.333 e. The van der Waals surface area contributed by atoms with Crippen LogP contribution < -0.4 is 17.0 Å². The molecule has 3 heterocycles. The predicted molar refractivity (Wildman–Crippen MR) is 88.7 cm³/mol. The van der Waals surface area contributed by atoms with Gasteiger partial charge in [-0.2, -0.15) is 4.98 Å². The van der Waals surface area contributed by atoms with Crippen molar-refractivity contribution in [1.82, 2.24) is 19.1 Å². The van der Waals surface area contributed by atoms with Gasteiger partial charge in [-0.3, -0.25) is 14.3 Å². The minimum atomic E-state index is -1.22. The van der Waals surface area contributed by atoms with Crippen LogP contribution in [0.15, 0.2) is 9.59 Å². The Morgan fingerprint density at radius 3 is 2.76 bits per heavy atom. The average molecular weight is 349 g/mol. The molecule has 0 aromatic carbocycles. The number of H-pyrrole nitrogens is 1. The quantitative estimate of drug-likeness (QED) is 0.494. The van der Waals surface area contributed by atoms with Crippen LogP contribution in [0.4, 0.5) is 5.95 Å². The summed E-state index contributed by atoms with van der Waals surface area (Å²) in [7, 11) is 0. The summed E-state index contributed by atoms with van der Waals surface area (Å²) >= 11 is 0. The molecular formula is C15H19N5O5. The Bertz CT molecular complexity index is 974. The van der Waals surface area contributed by atoms with Gasteiger partial charge in [0.05, 0.1) is 18.2 Å². The lowest BCUT2D eigenvalue weighted by atomic mass is 9.98. The van der Waals surface area contributed by atoms with Crippen molar-refractivity contribution in [1.29, 1.82) is 0 Å². The molecule has 0 unspecified atom stereocenters. The van der Waals surface area contributed by atoms with E-state index in [0.29, 0.717) is 0 Å². The average Bonchev–Trinajstić information content (AvgIpc) is 2.98. The fraction of sp³-hybridized carbons (Fsp3) is 0.533. The fourth-order valence-corrected chi connectivity index (χ4v) is 3.01. The van der Waals surface area contributed by atoms with Crippen molar-refractivity contribution < 1.29 is 14.9 Å². The lowest BCUT2D eigenvalue weighted by molar-refractivity contribution is -0.108. The second-order valence-electron chi connectivity index (χ2n) is 6.54. The molecule has 0 amide bonds. The number of aliphatic hydroxyl groups excluding tert-OH is 1. The molecule has 1 fully saturated rings. The number of ether oxygens (including phenoxy) is 1. The third-order valence-corrected chi connectivity index (χ3v) is 4.21. The van der Waals surface area contributed by atoms with E-state index in [1.165, 1.54) is 13.8 Å². The van der Waals surface area contributed by atoms with Gasteiger partial charge >= 0.3 is 5.69 Å². The zero-order valence-corrected chi connectivity index (χ0v) is 13.8. The van der Waals surface area contributed by atoms with Gasteiger partial charge in [0.25, 0.3) is 5.56 Å². The Labute approximate surface area is 141 Å². The van der Waals surface area contributed by atoms with E-state index < -0.39 is 35.3 Å². The molecule has 2 aromatic rings. The maximum absolute atomic E-state index is 12.8. The standard InChI is InChI=1S/C15H19N5O5/c1-4-5-19-9-10(17-13(16)18-11(9)22)20(14(19)23)12-7(21)6-8(25-12)15(2,3)24/h1,7-8,12,21,24H,5-6H2,2-3H3,(H3,16,17,18,22)/t7-,8+,12-/m1/s1. The van der Waals surface area contributed by atoms with Gasteiger partial charge in [-0.05, 0) is 13.8 Å². The summed E-state index contributed by atoms with van der Waals surface area (Å²) in [6.45, 7) is 2.92. The van der Waals surface area contributed by atoms with Crippen molar-refractivity contribution in [2.24, 2.45) is 0 Å².